The minimum Gasteiger partial charge on any atom is -0.444 e. The van der Waals surface area contributed by atoms with E-state index < -0.39 is 5.60 Å². The lowest BCUT2D eigenvalue weighted by Gasteiger charge is -2.31. The van der Waals surface area contributed by atoms with Crippen molar-refractivity contribution in [3.05, 3.63) is 35.6 Å². The summed E-state index contributed by atoms with van der Waals surface area (Å²) in [6, 6.07) is 6.42. The number of carbonyl (C=O) groups excluding carboxylic acids is 1. The quantitative estimate of drug-likeness (QED) is 0.747. The molecule has 0 saturated carbocycles. The van der Waals surface area contributed by atoms with Gasteiger partial charge in [0.15, 0.2) is 0 Å². The molecule has 0 radical (unpaired) electrons. The number of amides is 1. The number of hydrogen-bond donors (Lipinski definition) is 0. The lowest BCUT2D eigenvalue weighted by atomic mass is 9.89. The number of piperidine rings is 1. The zero-order valence-electron chi connectivity index (χ0n) is 12.6. The lowest BCUT2D eigenvalue weighted by molar-refractivity contribution is 0.0217. The van der Waals surface area contributed by atoms with Crippen molar-refractivity contribution in [1.29, 1.82) is 0 Å². The summed E-state index contributed by atoms with van der Waals surface area (Å²) in [7, 11) is 0. The summed E-state index contributed by atoms with van der Waals surface area (Å²) in [5.74, 6) is -0.251. The summed E-state index contributed by atoms with van der Waals surface area (Å²) >= 11 is 0. The molecule has 2 aliphatic rings. The minimum absolute atomic E-state index is 0.0239. The molecule has 2 saturated heterocycles. The molecule has 1 aromatic carbocycles. The number of likely N-dealkylation sites (tertiary alicyclic amines) is 1. The van der Waals surface area contributed by atoms with E-state index >= 15 is 0 Å². The van der Waals surface area contributed by atoms with Crippen molar-refractivity contribution in [2.45, 2.75) is 44.5 Å². The van der Waals surface area contributed by atoms with Gasteiger partial charge < -0.3 is 14.4 Å². The molecule has 114 valence electrons. The van der Waals surface area contributed by atoms with Gasteiger partial charge in [-0.25, -0.2) is 9.18 Å². The largest absolute Gasteiger partial charge is 0.444 e. The smallest absolute Gasteiger partial charge is 0.410 e. The Kier molecular flexibility index (Phi) is 3.20. The van der Waals surface area contributed by atoms with E-state index in [-0.39, 0.29) is 23.6 Å². The molecule has 0 unspecified atom stereocenters. The average molecular weight is 293 g/mol. The molecule has 2 fully saturated rings. The Labute approximate surface area is 123 Å². The maximum atomic E-state index is 13.0. The summed E-state index contributed by atoms with van der Waals surface area (Å²) in [6.45, 7) is 6.66. The SMILES string of the molecule is CC(C)(C)OC(=O)N1CC[C@@]2(c3ccc(F)cc3)O[C@H]2C1. The highest BCUT2D eigenvalue weighted by Gasteiger charge is 2.60. The van der Waals surface area contributed by atoms with E-state index in [1.54, 1.807) is 17.0 Å². The minimum atomic E-state index is -0.493. The number of fused-ring (bicyclic) bond motifs is 1. The molecule has 1 aromatic rings. The summed E-state index contributed by atoms with van der Waals surface area (Å²) < 4.78 is 24.2. The fourth-order valence-corrected chi connectivity index (χ4v) is 2.84. The molecule has 2 heterocycles. The molecule has 0 aliphatic carbocycles. The summed E-state index contributed by atoms with van der Waals surface area (Å²) in [6.07, 6.45) is 0.387. The normalized spacial score (nSPS) is 28.0. The Morgan fingerprint density at radius 2 is 2.05 bits per heavy atom. The Hall–Kier alpha value is -1.62. The molecular formula is C16H20FNO3. The van der Waals surface area contributed by atoms with Gasteiger partial charge >= 0.3 is 6.09 Å². The number of benzene rings is 1. The van der Waals surface area contributed by atoms with Crippen LogP contribution in [0.1, 0.15) is 32.8 Å². The summed E-state index contributed by atoms with van der Waals surface area (Å²) in [4.78, 5) is 13.7. The Bertz CT molecular complexity index is 552. The topological polar surface area (TPSA) is 42.1 Å². The summed E-state index contributed by atoms with van der Waals surface area (Å²) in [5, 5.41) is 0. The zero-order chi connectivity index (χ0) is 15.3. The molecule has 0 bridgehead atoms. The van der Waals surface area contributed by atoms with Crippen LogP contribution in [0.2, 0.25) is 0 Å². The standard InChI is InChI=1S/C16H20FNO3/c1-15(2,3)21-14(19)18-9-8-16(13(10-18)20-16)11-4-6-12(17)7-5-11/h4-7,13H,8-10H2,1-3H3/t13-,16-/m0/s1. The highest BCUT2D eigenvalue weighted by atomic mass is 19.1. The Morgan fingerprint density at radius 3 is 2.62 bits per heavy atom. The van der Waals surface area contributed by atoms with Crippen molar-refractivity contribution < 1.29 is 18.7 Å². The van der Waals surface area contributed by atoms with Gasteiger partial charge in [-0.2, -0.15) is 0 Å². The second kappa shape index (κ2) is 4.70. The van der Waals surface area contributed by atoms with E-state index in [0.717, 1.165) is 5.56 Å². The number of nitrogens with zero attached hydrogens (tertiary/aromatic N) is 1. The molecule has 0 aromatic heterocycles. The van der Waals surface area contributed by atoms with Gasteiger partial charge in [0.1, 0.15) is 23.1 Å². The number of rotatable bonds is 1. The molecule has 0 N–H and O–H groups in total. The first kappa shape index (κ1) is 14.3. The molecule has 3 rings (SSSR count). The molecule has 21 heavy (non-hydrogen) atoms. The van der Waals surface area contributed by atoms with Gasteiger partial charge in [0.2, 0.25) is 0 Å². The van der Waals surface area contributed by atoms with Gasteiger partial charge in [-0.3, -0.25) is 0 Å². The van der Waals surface area contributed by atoms with E-state index in [2.05, 4.69) is 0 Å². The number of halogens is 1. The van der Waals surface area contributed by atoms with Gasteiger partial charge in [-0.05, 0) is 38.5 Å². The summed E-state index contributed by atoms with van der Waals surface area (Å²) in [5.41, 5.74) is 0.150. The van der Waals surface area contributed by atoms with Crippen LogP contribution in [0.5, 0.6) is 0 Å². The first-order valence-corrected chi connectivity index (χ1v) is 7.22. The van der Waals surface area contributed by atoms with Crippen LogP contribution in [0.3, 0.4) is 0 Å². The Balaban J connectivity index is 1.65. The molecule has 2 aliphatic heterocycles. The second-order valence-electron chi connectivity index (χ2n) is 6.68. The average Bonchev–Trinajstić information content (AvgIpc) is 3.11. The fraction of sp³-hybridized carbons (Fsp3) is 0.562. The van der Waals surface area contributed by atoms with Gasteiger partial charge in [-0.15, -0.1) is 0 Å². The first-order valence-electron chi connectivity index (χ1n) is 7.22. The third-order valence-electron chi connectivity index (χ3n) is 3.94. The third-order valence-corrected chi connectivity index (χ3v) is 3.94. The highest BCUT2D eigenvalue weighted by molar-refractivity contribution is 5.68. The molecule has 0 spiro atoms. The zero-order valence-corrected chi connectivity index (χ0v) is 12.6. The monoisotopic (exact) mass is 293 g/mol. The lowest BCUT2D eigenvalue weighted by Crippen LogP contribution is -2.44. The molecule has 1 amide bonds. The van der Waals surface area contributed by atoms with E-state index in [9.17, 15) is 9.18 Å². The number of hydrogen-bond acceptors (Lipinski definition) is 3. The first-order chi connectivity index (χ1) is 9.80. The van der Waals surface area contributed by atoms with Crippen LogP contribution in [0.15, 0.2) is 24.3 Å². The maximum Gasteiger partial charge on any atom is 0.410 e. The van der Waals surface area contributed by atoms with Crippen LogP contribution >= 0.6 is 0 Å². The van der Waals surface area contributed by atoms with E-state index in [4.69, 9.17) is 9.47 Å². The van der Waals surface area contributed by atoms with Crippen LogP contribution in [-0.2, 0) is 15.1 Å². The van der Waals surface area contributed by atoms with Crippen molar-refractivity contribution in [2.75, 3.05) is 13.1 Å². The fourth-order valence-electron chi connectivity index (χ4n) is 2.84. The molecule has 4 nitrogen and oxygen atoms in total. The number of epoxide rings is 1. The van der Waals surface area contributed by atoms with Gasteiger partial charge in [-0.1, -0.05) is 12.1 Å². The number of ether oxygens (including phenoxy) is 2. The van der Waals surface area contributed by atoms with Crippen LogP contribution in [0.4, 0.5) is 9.18 Å². The van der Waals surface area contributed by atoms with Gasteiger partial charge in [0.25, 0.3) is 0 Å². The second-order valence-corrected chi connectivity index (χ2v) is 6.68. The van der Waals surface area contributed by atoms with Crippen molar-refractivity contribution in [1.82, 2.24) is 4.90 Å². The van der Waals surface area contributed by atoms with Crippen molar-refractivity contribution in [2.24, 2.45) is 0 Å². The number of carbonyl (C=O) groups is 1. The van der Waals surface area contributed by atoms with E-state index in [0.29, 0.717) is 19.5 Å². The Morgan fingerprint density at radius 1 is 1.38 bits per heavy atom. The van der Waals surface area contributed by atoms with Crippen molar-refractivity contribution in [3.8, 4) is 0 Å². The van der Waals surface area contributed by atoms with Crippen LogP contribution < -0.4 is 0 Å². The van der Waals surface area contributed by atoms with E-state index in [1.165, 1.54) is 12.1 Å². The molecule has 2 atom stereocenters. The maximum absolute atomic E-state index is 13.0. The van der Waals surface area contributed by atoms with Crippen LogP contribution in [-0.4, -0.2) is 35.8 Å². The third kappa shape index (κ3) is 2.75. The van der Waals surface area contributed by atoms with Gasteiger partial charge in [0.05, 0.1) is 6.54 Å². The van der Waals surface area contributed by atoms with Crippen LogP contribution in [0, 0.1) is 5.82 Å². The van der Waals surface area contributed by atoms with Crippen molar-refractivity contribution >= 4 is 6.09 Å². The molecular weight excluding hydrogens is 273 g/mol. The molecule has 5 heteroatoms. The van der Waals surface area contributed by atoms with Gasteiger partial charge in [0, 0.05) is 13.0 Å². The van der Waals surface area contributed by atoms with E-state index in [1.807, 2.05) is 20.8 Å². The highest BCUT2D eigenvalue weighted by Crippen LogP contribution is 2.51. The van der Waals surface area contributed by atoms with Crippen molar-refractivity contribution in [3.63, 3.8) is 0 Å². The predicted octanol–water partition coefficient (Wildman–Crippen LogP) is 3.06. The predicted molar refractivity (Wildman–Crippen MR) is 75.4 cm³/mol. The van der Waals surface area contributed by atoms with Crippen LogP contribution in [0.25, 0.3) is 0 Å².